The van der Waals surface area contributed by atoms with Gasteiger partial charge in [-0.05, 0) is 94.1 Å². The van der Waals surface area contributed by atoms with E-state index in [9.17, 15) is 18.4 Å². The molecule has 0 unspecified atom stereocenters. The summed E-state index contributed by atoms with van der Waals surface area (Å²) in [4.78, 5) is 23.8. The molecule has 2 aromatic carbocycles. The average molecular weight is 759 g/mol. The number of rotatable bonds is 9. The summed E-state index contributed by atoms with van der Waals surface area (Å²) in [5, 5.41) is 0.493. The van der Waals surface area contributed by atoms with Gasteiger partial charge in [-0.2, -0.15) is 0 Å². The van der Waals surface area contributed by atoms with Gasteiger partial charge in [0.15, 0.2) is 0 Å². The van der Waals surface area contributed by atoms with E-state index >= 15 is 0 Å². The fourth-order valence-electron chi connectivity index (χ4n) is 4.02. The van der Waals surface area contributed by atoms with Gasteiger partial charge in [0.2, 0.25) is 0 Å². The molecule has 0 radical (unpaired) electrons. The van der Waals surface area contributed by atoms with Crippen molar-refractivity contribution < 1.29 is 27.8 Å². The molecule has 0 aliphatic carbocycles. The zero-order valence-corrected chi connectivity index (χ0v) is 27.5. The van der Waals surface area contributed by atoms with Gasteiger partial charge < -0.3 is 18.6 Å². The van der Waals surface area contributed by atoms with Crippen LogP contribution in [0.1, 0.15) is 57.1 Å². The van der Waals surface area contributed by atoms with Gasteiger partial charge in [0.1, 0.15) is 16.2 Å². The van der Waals surface area contributed by atoms with E-state index in [0.717, 1.165) is 27.1 Å². The Balaban J connectivity index is 0.000000228. The number of halogens is 5. The molecular formula is C30H29Br3F2N2O4. The van der Waals surface area contributed by atoms with Crippen LogP contribution >= 0.6 is 47.8 Å². The molecule has 0 atom stereocenters. The van der Waals surface area contributed by atoms with Crippen LogP contribution in [0.25, 0.3) is 0 Å². The predicted molar refractivity (Wildman–Crippen MR) is 165 cm³/mol. The Morgan fingerprint density at radius 2 is 1.32 bits per heavy atom. The molecule has 0 N–H and O–H groups in total. The van der Waals surface area contributed by atoms with Crippen molar-refractivity contribution in [1.82, 2.24) is 9.13 Å². The van der Waals surface area contributed by atoms with Gasteiger partial charge in [-0.25, -0.2) is 18.4 Å². The number of benzene rings is 2. The Morgan fingerprint density at radius 3 is 1.83 bits per heavy atom. The average Bonchev–Trinajstić information content (AvgIpc) is 3.43. The summed E-state index contributed by atoms with van der Waals surface area (Å²) in [6.07, 6.45) is 1.84. The highest BCUT2D eigenvalue weighted by molar-refractivity contribution is 9.13. The second-order valence-electron chi connectivity index (χ2n) is 8.78. The van der Waals surface area contributed by atoms with Crippen LogP contribution in [0.2, 0.25) is 0 Å². The Kier molecular flexibility index (Phi) is 12.4. The molecule has 0 aliphatic rings. The van der Waals surface area contributed by atoms with Gasteiger partial charge in [0.05, 0.1) is 28.8 Å². The van der Waals surface area contributed by atoms with E-state index in [1.807, 2.05) is 22.3 Å². The predicted octanol–water partition coefficient (Wildman–Crippen LogP) is 8.43. The van der Waals surface area contributed by atoms with E-state index in [4.69, 9.17) is 9.47 Å². The lowest BCUT2D eigenvalue weighted by atomic mass is 10.2. The SMILES string of the molecule is CCOC(=O)c1c(Br)c(Br)n(Cc2ccc(F)cc2)c1CBr.CCOC(=O)c1ccn(Cc2ccc(F)cc2)c1C. The van der Waals surface area contributed by atoms with Gasteiger partial charge >= 0.3 is 11.9 Å². The summed E-state index contributed by atoms with van der Waals surface area (Å²) >= 11 is 10.4. The van der Waals surface area contributed by atoms with Crippen molar-refractivity contribution in [3.8, 4) is 0 Å². The first kappa shape index (κ1) is 32.8. The minimum atomic E-state index is -0.373. The smallest absolute Gasteiger partial charge is 0.341 e. The summed E-state index contributed by atoms with van der Waals surface area (Å²) < 4.78 is 41.2. The third-order valence-corrected chi connectivity index (χ3v) is 8.78. The van der Waals surface area contributed by atoms with E-state index in [0.29, 0.717) is 47.2 Å². The fraction of sp³-hybridized carbons (Fsp3) is 0.267. The molecule has 0 amide bonds. The number of esters is 2. The zero-order chi connectivity index (χ0) is 30.1. The Morgan fingerprint density at radius 1 is 0.805 bits per heavy atom. The van der Waals surface area contributed by atoms with Crippen molar-refractivity contribution in [3.05, 3.63) is 115 Å². The summed E-state index contributed by atoms with van der Waals surface area (Å²) in [5.74, 6) is -1.20. The molecule has 4 rings (SSSR count). The minimum Gasteiger partial charge on any atom is -0.462 e. The lowest BCUT2D eigenvalue weighted by Gasteiger charge is -2.10. The van der Waals surface area contributed by atoms with E-state index in [2.05, 4.69) is 47.8 Å². The summed E-state index contributed by atoms with van der Waals surface area (Å²) in [7, 11) is 0. The largest absolute Gasteiger partial charge is 0.462 e. The molecular weight excluding hydrogens is 730 g/mol. The number of carbonyl (C=O) groups excluding carboxylic acids is 2. The molecule has 0 spiro atoms. The van der Waals surface area contributed by atoms with Gasteiger partial charge in [0.25, 0.3) is 0 Å². The highest BCUT2D eigenvalue weighted by Gasteiger charge is 2.25. The summed E-state index contributed by atoms with van der Waals surface area (Å²) in [6, 6.07) is 14.4. The van der Waals surface area contributed by atoms with Crippen molar-refractivity contribution in [3.63, 3.8) is 0 Å². The molecule has 0 saturated carbocycles. The molecule has 4 aromatic rings. The second kappa shape index (κ2) is 15.5. The first-order valence-electron chi connectivity index (χ1n) is 12.7. The standard InChI is InChI=1S/C15H13Br3FNO2.C15H16FNO2/c1-2-22-15(21)12-11(7-16)20(14(18)13(12)17)8-9-3-5-10(19)6-4-9;1-3-19-15(18)14-8-9-17(11(14)2)10-12-4-6-13(16)7-5-12/h3-6H,2,7-8H2,1H3;4-9H,3,10H2,1-2H3. The maximum atomic E-state index is 13.0. The van der Waals surface area contributed by atoms with Crippen molar-refractivity contribution in [2.45, 2.75) is 39.2 Å². The molecule has 0 aliphatic heterocycles. The van der Waals surface area contributed by atoms with Gasteiger partial charge in [0, 0.05) is 36.0 Å². The Labute approximate surface area is 263 Å². The number of ether oxygens (including phenoxy) is 2. The first-order valence-corrected chi connectivity index (χ1v) is 15.4. The lowest BCUT2D eigenvalue weighted by molar-refractivity contribution is 0.0515. The van der Waals surface area contributed by atoms with E-state index in [-0.39, 0.29) is 23.6 Å². The van der Waals surface area contributed by atoms with Crippen LogP contribution < -0.4 is 0 Å². The summed E-state index contributed by atoms with van der Waals surface area (Å²) in [6.45, 7) is 7.21. The second-order valence-corrected chi connectivity index (χ2v) is 10.9. The molecule has 0 saturated heterocycles. The lowest BCUT2D eigenvalue weighted by Crippen LogP contribution is -2.10. The van der Waals surface area contributed by atoms with Crippen LogP contribution in [0.15, 0.2) is 69.9 Å². The third-order valence-electron chi connectivity index (χ3n) is 6.12. The first-order chi connectivity index (χ1) is 19.6. The number of hydrogen-bond donors (Lipinski definition) is 0. The minimum absolute atomic E-state index is 0.250. The number of hydrogen-bond acceptors (Lipinski definition) is 4. The molecule has 0 fully saturated rings. The quantitative estimate of drug-likeness (QED) is 0.127. The van der Waals surface area contributed by atoms with Crippen LogP contribution in [-0.4, -0.2) is 34.3 Å². The van der Waals surface area contributed by atoms with Gasteiger partial charge in [-0.15, -0.1) is 0 Å². The molecule has 218 valence electrons. The molecule has 2 heterocycles. The fourth-order valence-corrected chi connectivity index (χ4v) is 5.75. The Bertz CT molecular complexity index is 1480. The third kappa shape index (κ3) is 8.39. The number of nitrogens with zero attached hydrogens (tertiary/aromatic N) is 2. The molecule has 11 heteroatoms. The number of carbonyl (C=O) groups is 2. The van der Waals surface area contributed by atoms with E-state index in [1.54, 1.807) is 44.2 Å². The van der Waals surface area contributed by atoms with Crippen molar-refractivity contribution in [2.24, 2.45) is 0 Å². The maximum Gasteiger partial charge on any atom is 0.341 e. The highest BCUT2D eigenvalue weighted by Crippen LogP contribution is 2.35. The number of aromatic nitrogens is 2. The van der Waals surface area contributed by atoms with E-state index in [1.165, 1.54) is 24.3 Å². The van der Waals surface area contributed by atoms with Gasteiger partial charge in [-0.1, -0.05) is 40.2 Å². The zero-order valence-electron chi connectivity index (χ0n) is 22.7. The van der Waals surface area contributed by atoms with E-state index < -0.39 is 0 Å². The summed E-state index contributed by atoms with van der Waals surface area (Å²) in [5.41, 5.74) is 4.62. The maximum absolute atomic E-state index is 13.0. The Hall–Kier alpha value is -2.76. The highest BCUT2D eigenvalue weighted by atomic mass is 79.9. The van der Waals surface area contributed by atoms with Crippen molar-refractivity contribution in [1.29, 1.82) is 0 Å². The van der Waals surface area contributed by atoms with Crippen molar-refractivity contribution in [2.75, 3.05) is 13.2 Å². The van der Waals surface area contributed by atoms with Crippen LogP contribution in [-0.2, 0) is 27.9 Å². The van der Waals surface area contributed by atoms with Crippen LogP contribution in [0.4, 0.5) is 8.78 Å². The monoisotopic (exact) mass is 756 g/mol. The van der Waals surface area contributed by atoms with Crippen molar-refractivity contribution >= 4 is 59.7 Å². The topological polar surface area (TPSA) is 62.5 Å². The van der Waals surface area contributed by atoms with Crippen LogP contribution in [0, 0.1) is 18.6 Å². The molecule has 2 aromatic heterocycles. The van der Waals surface area contributed by atoms with Crippen LogP contribution in [0.5, 0.6) is 0 Å². The molecule has 41 heavy (non-hydrogen) atoms. The van der Waals surface area contributed by atoms with Gasteiger partial charge in [-0.3, -0.25) is 0 Å². The number of alkyl halides is 1. The molecule has 0 bridgehead atoms. The van der Waals surface area contributed by atoms with Crippen LogP contribution in [0.3, 0.4) is 0 Å². The normalized spacial score (nSPS) is 10.6. The molecule has 6 nitrogen and oxygen atoms in total.